The van der Waals surface area contributed by atoms with E-state index in [9.17, 15) is 4.79 Å². The van der Waals surface area contributed by atoms with Crippen LogP contribution in [0.25, 0.3) is 10.8 Å². The summed E-state index contributed by atoms with van der Waals surface area (Å²) in [5.41, 5.74) is 1.90. The van der Waals surface area contributed by atoms with Crippen molar-refractivity contribution in [1.82, 2.24) is 0 Å². The molecule has 0 bridgehead atoms. The van der Waals surface area contributed by atoms with E-state index in [1.807, 2.05) is 61.2 Å². The predicted octanol–water partition coefficient (Wildman–Crippen LogP) is 6.06. The number of hydrogen-bond acceptors (Lipinski definition) is 3. The minimum atomic E-state index is -0.140. The van der Waals surface area contributed by atoms with Crippen LogP contribution in [0.15, 0.2) is 60.7 Å². The number of ether oxygens (including phenoxy) is 1. The molecular weight excluding hydrogens is 378 g/mol. The smallest absolute Gasteiger partial charge is 0.238 e. The molecule has 1 heterocycles. The number of anilines is 1. The summed E-state index contributed by atoms with van der Waals surface area (Å²) in [6.45, 7) is 4.03. The van der Waals surface area contributed by atoms with Gasteiger partial charge >= 0.3 is 0 Å². The van der Waals surface area contributed by atoms with Gasteiger partial charge in [-0.15, -0.1) is 11.8 Å². The van der Waals surface area contributed by atoms with Crippen molar-refractivity contribution >= 4 is 45.7 Å². The summed E-state index contributed by atoms with van der Waals surface area (Å²) < 4.78 is 6.13. The number of hydrogen-bond donors (Lipinski definition) is 0. The molecule has 0 spiro atoms. The Bertz CT molecular complexity index is 987. The average molecular weight is 398 g/mol. The van der Waals surface area contributed by atoms with E-state index < -0.39 is 0 Å². The molecule has 0 unspecified atom stereocenters. The zero-order valence-corrected chi connectivity index (χ0v) is 16.8. The first kappa shape index (κ1) is 18.2. The molecule has 1 aliphatic rings. The largest absolute Gasteiger partial charge is 0.491 e. The fourth-order valence-corrected chi connectivity index (χ4v) is 4.77. The van der Waals surface area contributed by atoms with Crippen LogP contribution >= 0.6 is 23.4 Å². The van der Waals surface area contributed by atoms with Gasteiger partial charge in [0.05, 0.1) is 11.9 Å². The second-order valence-electron chi connectivity index (χ2n) is 6.77. The average Bonchev–Trinajstić information content (AvgIpc) is 3.03. The van der Waals surface area contributed by atoms with Crippen molar-refractivity contribution in [2.24, 2.45) is 0 Å². The predicted molar refractivity (Wildman–Crippen MR) is 114 cm³/mol. The zero-order chi connectivity index (χ0) is 19.0. The van der Waals surface area contributed by atoms with Crippen molar-refractivity contribution in [2.45, 2.75) is 25.3 Å². The van der Waals surface area contributed by atoms with E-state index in [0.29, 0.717) is 10.8 Å². The van der Waals surface area contributed by atoms with Gasteiger partial charge in [-0.3, -0.25) is 9.69 Å². The van der Waals surface area contributed by atoms with Gasteiger partial charge in [-0.2, -0.15) is 0 Å². The summed E-state index contributed by atoms with van der Waals surface area (Å²) in [4.78, 5) is 14.6. The van der Waals surface area contributed by atoms with Gasteiger partial charge in [0.25, 0.3) is 0 Å². The van der Waals surface area contributed by atoms with E-state index in [-0.39, 0.29) is 17.4 Å². The molecule has 1 aliphatic heterocycles. The normalized spacial score (nSPS) is 17.1. The Morgan fingerprint density at radius 2 is 1.81 bits per heavy atom. The molecule has 3 nitrogen and oxygen atoms in total. The third-order valence-electron chi connectivity index (χ3n) is 4.51. The minimum Gasteiger partial charge on any atom is -0.491 e. The minimum absolute atomic E-state index is 0.0519. The molecule has 1 fully saturated rings. The summed E-state index contributed by atoms with van der Waals surface area (Å²) in [5.74, 6) is 1.36. The first-order valence-corrected chi connectivity index (χ1v) is 10.3. The summed E-state index contributed by atoms with van der Waals surface area (Å²) in [7, 11) is 0. The van der Waals surface area contributed by atoms with Crippen LogP contribution in [-0.2, 0) is 4.79 Å². The van der Waals surface area contributed by atoms with Crippen molar-refractivity contribution in [3.63, 3.8) is 0 Å². The van der Waals surface area contributed by atoms with Gasteiger partial charge in [0.15, 0.2) is 0 Å². The Morgan fingerprint density at radius 3 is 2.56 bits per heavy atom. The number of thioether (sulfide) groups is 1. The number of benzene rings is 3. The summed E-state index contributed by atoms with van der Waals surface area (Å²) in [6.07, 6.45) is 0.0519. The lowest BCUT2D eigenvalue weighted by Crippen LogP contribution is -2.28. The highest BCUT2D eigenvalue weighted by Gasteiger charge is 2.36. The van der Waals surface area contributed by atoms with Gasteiger partial charge in [0.2, 0.25) is 5.91 Å². The van der Waals surface area contributed by atoms with E-state index in [1.54, 1.807) is 11.8 Å². The molecule has 4 rings (SSSR count). The van der Waals surface area contributed by atoms with Crippen LogP contribution in [0.2, 0.25) is 5.02 Å². The third kappa shape index (κ3) is 3.52. The van der Waals surface area contributed by atoms with E-state index in [4.69, 9.17) is 16.3 Å². The Kier molecular flexibility index (Phi) is 5.02. The van der Waals surface area contributed by atoms with E-state index >= 15 is 0 Å². The molecule has 5 heteroatoms. The number of rotatable bonds is 4. The van der Waals surface area contributed by atoms with Crippen molar-refractivity contribution in [3.8, 4) is 5.75 Å². The molecule has 1 saturated heterocycles. The number of amides is 1. The number of nitrogens with zero attached hydrogens (tertiary/aromatic N) is 1. The van der Waals surface area contributed by atoms with Gasteiger partial charge < -0.3 is 4.74 Å². The summed E-state index contributed by atoms with van der Waals surface area (Å²) in [5, 5.41) is 2.77. The molecule has 0 aliphatic carbocycles. The van der Waals surface area contributed by atoms with Crippen LogP contribution in [0.4, 0.5) is 5.69 Å². The lowest BCUT2D eigenvalue weighted by atomic mass is 10.0. The maximum absolute atomic E-state index is 12.7. The third-order valence-corrected chi connectivity index (χ3v) is 5.94. The summed E-state index contributed by atoms with van der Waals surface area (Å²) >= 11 is 7.67. The van der Waals surface area contributed by atoms with Crippen LogP contribution in [0.1, 0.15) is 24.8 Å². The van der Waals surface area contributed by atoms with Crippen LogP contribution in [0.5, 0.6) is 5.75 Å². The molecular formula is C22H20ClNO2S. The van der Waals surface area contributed by atoms with Crippen molar-refractivity contribution in [3.05, 3.63) is 71.2 Å². The molecule has 0 N–H and O–H groups in total. The number of fused-ring (bicyclic) bond motifs is 1. The standard InChI is InChI=1S/C22H20ClNO2S/c1-14(2)26-19-12-7-15-5-3-4-6-18(15)21(19)22-24(20(25)13-27-22)17-10-8-16(23)9-11-17/h3-12,14,22H,13H2,1-2H3/t22-/m1/s1. The first-order chi connectivity index (χ1) is 13.0. The van der Waals surface area contributed by atoms with Gasteiger partial charge in [0, 0.05) is 16.3 Å². The van der Waals surface area contributed by atoms with Crippen LogP contribution in [-0.4, -0.2) is 17.8 Å². The zero-order valence-electron chi connectivity index (χ0n) is 15.2. The van der Waals surface area contributed by atoms with Crippen LogP contribution in [0.3, 0.4) is 0 Å². The Labute approximate surface area is 168 Å². The van der Waals surface area contributed by atoms with E-state index in [2.05, 4.69) is 18.2 Å². The molecule has 0 saturated carbocycles. The van der Waals surface area contributed by atoms with E-state index in [1.165, 1.54) is 0 Å². The first-order valence-electron chi connectivity index (χ1n) is 8.92. The number of carbonyl (C=O) groups is 1. The van der Waals surface area contributed by atoms with Crippen molar-refractivity contribution in [1.29, 1.82) is 0 Å². The quantitative estimate of drug-likeness (QED) is 0.536. The highest BCUT2D eigenvalue weighted by Crippen LogP contribution is 2.47. The van der Waals surface area contributed by atoms with Crippen LogP contribution in [0, 0.1) is 0 Å². The molecule has 138 valence electrons. The maximum Gasteiger partial charge on any atom is 0.238 e. The topological polar surface area (TPSA) is 29.5 Å². The second kappa shape index (κ2) is 7.45. The van der Waals surface area contributed by atoms with Crippen molar-refractivity contribution < 1.29 is 9.53 Å². The molecule has 1 amide bonds. The maximum atomic E-state index is 12.7. The number of halogens is 1. The Balaban J connectivity index is 1.88. The lowest BCUT2D eigenvalue weighted by Gasteiger charge is -2.27. The molecule has 0 aromatic heterocycles. The van der Waals surface area contributed by atoms with Gasteiger partial charge in [-0.05, 0) is 55.0 Å². The Morgan fingerprint density at radius 1 is 1.07 bits per heavy atom. The molecule has 3 aromatic rings. The molecule has 3 aromatic carbocycles. The molecule has 27 heavy (non-hydrogen) atoms. The molecule has 1 atom stereocenters. The highest BCUT2D eigenvalue weighted by molar-refractivity contribution is 8.00. The monoisotopic (exact) mass is 397 g/mol. The fraction of sp³-hybridized carbons (Fsp3) is 0.227. The molecule has 0 radical (unpaired) electrons. The van der Waals surface area contributed by atoms with Crippen LogP contribution < -0.4 is 9.64 Å². The SMILES string of the molecule is CC(C)Oc1ccc2ccccc2c1[C@H]1SCC(=O)N1c1ccc(Cl)cc1. The van der Waals surface area contributed by atoms with Gasteiger partial charge in [-0.25, -0.2) is 0 Å². The second-order valence-corrected chi connectivity index (χ2v) is 8.27. The van der Waals surface area contributed by atoms with Gasteiger partial charge in [-0.1, -0.05) is 41.9 Å². The van der Waals surface area contributed by atoms with Gasteiger partial charge in [0.1, 0.15) is 11.1 Å². The Hall–Kier alpha value is -2.17. The van der Waals surface area contributed by atoms with E-state index in [0.717, 1.165) is 27.8 Å². The summed E-state index contributed by atoms with van der Waals surface area (Å²) in [6, 6.07) is 19.8. The van der Waals surface area contributed by atoms with Crippen molar-refractivity contribution in [2.75, 3.05) is 10.7 Å². The number of carbonyl (C=O) groups excluding carboxylic acids is 1. The fourth-order valence-electron chi connectivity index (χ4n) is 3.41. The lowest BCUT2D eigenvalue weighted by molar-refractivity contribution is -0.115. The highest BCUT2D eigenvalue weighted by atomic mass is 35.5.